The molecule has 1 saturated heterocycles. The Morgan fingerprint density at radius 1 is 1.47 bits per heavy atom. The van der Waals surface area contributed by atoms with E-state index in [-0.39, 0.29) is 0 Å². The maximum absolute atomic E-state index is 4.40. The number of hydrogen-bond acceptors (Lipinski definition) is 3. The van der Waals surface area contributed by atoms with Gasteiger partial charge in [0, 0.05) is 12.7 Å². The van der Waals surface area contributed by atoms with Crippen LogP contribution >= 0.6 is 0 Å². The molecule has 0 aromatic carbocycles. The number of rotatable bonds is 5. The minimum absolute atomic E-state index is 0.525. The van der Waals surface area contributed by atoms with Crippen molar-refractivity contribution in [3.05, 3.63) is 18.0 Å². The normalized spacial score (nSPS) is 25.6. The second-order valence-electron chi connectivity index (χ2n) is 4.85. The summed E-state index contributed by atoms with van der Waals surface area (Å²) in [5.41, 5.74) is 1.37. The number of aromatic nitrogens is 2. The van der Waals surface area contributed by atoms with Gasteiger partial charge in [-0.25, -0.2) is 0 Å². The van der Waals surface area contributed by atoms with Crippen LogP contribution in [0.2, 0.25) is 0 Å². The molecule has 1 aromatic rings. The Balaban J connectivity index is 2.15. The lowest BCUT2D eigenvalue weighted by atomic mass is 9.97. The zero-order chi connectivity index (χ0) is 12.3. The van der Waals surface area contributed by atoms with Crippen molar-refractivity contribution in [2.75, 3.05) is 26.7 Å². The maximum Gasteiger partial charge on any atom is 0.0558 e. The summed E-state index contributed by atoms with van der Waals surface area (Å²) >= 11 is 0. The molecule has 0 bridgehead atoms. The average Bonchev–Trinajstić information content (AvgIpc) is 2.92. The summed E-state index contributed by atoms with van der Waals surface area (Å²) in [7, 11) is 2.23. The molecule has 0 radical (unpaired) electrons. The molecule has 1 fully saturated rings. The van der Waals surface area contributed by atoms with Crippen LogP contribution in [0.15, 0.2) is 12.3 Å². The molecule has 1 N–H and O–H groups in total. The van der Waals surface area contributed by atoms with Crippen LogP contribution in [0, 0.1) is 5.92 Å². The van der Waals surface area contributed by atoms with Crippen LogP contribution in [0.1, 0.15) is 32.0 Å². The van der Waals surface area contributed by atoms with Gasteiger partial charge in [-0.2, -0.15) is 5.10 Å². The second kappa shape index (κ2) is 5.65. The van der Waals surface area contributed by atoms with Gasteiger partial charge in [0.15, 0.2) is 0 Å². The predicted molar refractivity (Wildman–Crippen MR) is 69.9 cm³/mol. The first kappa shape index (κ1) is 12.6. The minimum Gasteiger partial charge on any atom is -0.317 e. The van der Waals surface area contributed by atoms with Crippen LogP contribution in [-0.2, 0) is 6.54 Å². The van der Waals surface area contributed by atoms with E-state index in [0.29, 0.717) is 12.0 Å². The summed E-state index contributed by atoms with van der Waals surface area (Å²) in [6.45, 7) is 8.64. The van der Waals surface area contributed by atoms with E-state index >= 15 is 0 Å². The van der Waals surface area contributed by atoms with Gasteiger partial charge in [0.05, 0.1) is 11.7 Å². The van der Waals surface area contributed by atoms with Gasteiger partial charge in [-0.05, 0) is 52.0 Å². The first-order valence-corrected chi connectivity index (χ1v) is 6.70. The first-order valence-electron chi connectivity index (χ1n) is 6.70. The van der Waals surface area contributed by atoms with Crippen molar-refractivity contribution in [1.29, 1.82) is 0 Å². The highest BCUT2D eigenvalue weighted by atomic mass is 15.3. The van der Waals surface area contributed by atoms with E-state index in [2.05, 4.69) is 47.0 Å². The van der Waals surface area contributed by atoms with Gasteiger partial charge in [-0.1, -0.05) is 6.92 Å². The highest BCUT2D eigenvalue weighted by molar-refractivity contribution is 5.11. The van der Waals surface area contributed by atoms with Crippen molar-refractivity contribution in [2.24, 2.45) is 5.92 Å². The van der Waals surface area contributed by atoms with E-state index in [1.165, 1.54) is 18.7 Å². The number of aryl methyl sites for hydroxylation is 1. The molecular formula is C13H24N4. The Hall–Kier alpha value is -0.870. The van der Waals surface area contributed by atoms with E-state index in [9.17, 15) is 0 Å². The van der Waals surface area contributed by atoms with Gasteiger partial charge in [0.1, 0.15) is 0 Å². The molecule has 4 nitrogen and oxygen atoms in total. The highest BCUT2D eigenvalue weighted by Crippen LogP contribution is 2.35. The lowest BCUT2D eigenvalue weighted by Crippen LogP contribution is -2.30. The summed E-state index contributed by atoms with van der Waals surface area (Å²) in [5, 5.41) is 7.88. The Morgan fingerprint density at radius 3 is 3.00 bits per heavy atom. The molecule has 2 atom stereocenters. The van der Waals surface area contributed by atoms with Crippen molar-refractivity contribution in [3.63, 3.8) is 0 Å². The number of nitrogens with one attached hydrogen (secondary N) is 1. The molecule has 0 spiro atoms. The third kappa shape index (κ3) is 2.53. The second-order valence-corrected chi connectivity index (χ2v) is 4.85. The van der Waals surface area contributed by atoms with Gasteiger partial charge >= 0.3 is 0 Å². The predicted octanol–water partition coefficient (Wildman–Crippen LogP) is 1.51. The van der Waals surface area contributed by atoms with Crippen molar-refractivity contribution in [1.82, 2.24) is 20.0 Å². The molecular weight excluding hydrogens is 212 g/mol. The molecule has 2 heterocycles. The average molecular weight is 236 g/mol. The van der Waals surface area contributed by atoms with Crippen LogP contribution in [0.3, 0.4) is 0 Å². The van der Waals surface area contributed by atoms with Crippen LogP contribution in [-0.4, -0.2) is 41.4 Å². The maximum atomic E-state index is 4.40. The van der Waals surface area contributed by atoms with E-state index < -0.39 is 0 Å². The Bertz CT molecular complexity index is 347. The molecule has 0 amide bonds. The van der Waals surface area contributed by atoms with E-state index in [0.717, 1.165) is 19.6 Å². The van der Waals surface area contributed by atoms with E-state index in [4.69, 9.17) is 0 Å². The highest BCUT2D eigenvalue weighted by Gasteiger charge is 2.34. The monoisotopic (exact) mass is 236 g/mol. The fourth-order valence-corrected chi connectivity index (χ4v) is 2.90. The quantitative estimate of drug-likeness (QED) is 0.841. The van der Waals surface area contributed by atoms with Gasteiger partial charge in [0.2, 0.25) is 0 Å². The van der Waals surface area contributed by atoms with Gasteiger partial charge < -0.3 is 5.32 Å². The number of likely N-dealkylation sites (tertiary alicyclic amines) is 1. The number of hydrogen-bond donors (Lipinski definition) is 1. The third-order valence-electron chi connectivity index (χ3n) is 3.78. The molecule has 1 aliphatic rings. The van der Waals surface area contributed by atoms with Crippen molar-refractivity contribution in [3.8, 4) is 0 Å². The molecule has 96 valence electrons. The molecule has 2 rings (SSSR count). The summed E-state index contributed by atoms with van der Waals surface area (Å²) in [4.78, 5) is 2.46. The molecule has 17 heavy (non-hydrogen) atoms. The van der Waals surface area contributed by atoms with Crippen LogP contribution in [0.5, 0.6) is 0 Å². The Labute approximate surface area is 104 Å². The van der Waals surface area contributed by atoms with Gasteiger partial charge in [0.25, 0.3) is 0 Å². The Morgan fingerprint density at radius 2 is 2.29 bits per heavy atom. The van der Waals surface area contributed by atoms with Crippen molar-refractivity contribution >= 4 is 0 Å². The van der Waals surface area contributed by atoms with Crippen LogP contribution < -0.4 is 5.32 Å². The fourth-order valence-electron chi connectivity index (χ4n) is 2.90. The van der Waals surface area contributed by atoms with Crippen LogP contribution in [0.25, 0.3) is 0 Å². The first-order chi connectivity index (χ1) is 8.27. The Kier molecular flexibility index (Phi) is 4.18. The van der Waals surface area contributed by atoms with Crippen molar-refractivity contribution < 1.29 is 0 Å². The topological polar surface area (TPSA) is 33.1 Å². The fraction of sp³-hybridized carbons (Fsp3) is 0.769. The summed E-state index contributed by atoms with van der Waals surface area (Å²) in [5.74, 6) is 0.710. The molecule has 0 saturated carbocycles. The lowest BCUT2D eigenvalue weighted by molar-refractivity contribution is 0.258. The summed E-state index contributed by atoms with van der Waals surface area (Å²) in [6.07, 6.45) is 3.21. The largest absolute Gasteiger partial charge is 0.317 e. The molecule has 2 unspecified atom stereocenters. The lowest BCUT2D eigenvalue weighted by Gasteiger charge is -2.26. The van der Waals surface area contributed by atoms with E-state index in [1.54, 1.807) is 0 Å². The summed E-state index contributed by atoms with van der Waals surface area (Å²) in [6, 6.07) is 2.70. The molecule has 4 heteroatoms. The SMILES string of the molecule is CCNCC1CCN(C)C1c1ccnn1CC. The van der Waals surface area contributed by atoms with Crippen molar-refractivity contribution in [2.45, 2.75) is 32.9 Å². The standard InChI is InChI=1S/C13H24N4/c1-4-14-10-11-7-9-16(3)13(11)12-6-8-15-17(12)5-2/h6,8,11,13-14H,4-5,7,9-10H2,1-3H3. The third-order valence-corrected chi connectivity index (χ3v) is 3.78. The molecule has 1 aromatic heterocycles. The molecule has 0 aliphatic carbocycles. The summed E-state index contributed by atoms with van der Waals surface area (Å²) < 4.78 is 2.13. The minimum atomic E-state index is 0.525. The zero-order valence-electron chi connectivity index (χ0n) is 11.2. The molecule has 1 aliphatic heterocycles. The van der Waals surface area contributed by atoms with Crippen LogP contribution in [0.4, 0.5) is 0 Å². The smallest absolute Gasteiger partial charge is 0.0558 e. The van der Waals surface area contributed by atoms with E-state index in [1.807, 2.05) is 6.20 Å². The zero-order valence-corrected chi connectivity index (χ0v) is 11.2. The van der Waals surface area contributed by atoms with Gasteiger partial charge in [-0.3, -0.25) is 9.58 Å². The number of nitrogens with zero attached hydrogens (tertiary/aromatic N) is 3. The van der Waals surface area contributed by atoms with Gasteiger partial charge in [-0.15, -0.1) is 0 Å².